The van der Waals surface area contributed by atoms with E-state index in [0.29, 0.717) is 24.4 Å². The second kappa shape index (κ2) is 7.95. The number of carbonyl (C=O) groups is 1. The molecule has 0 aliphatic carbocycles. The summed E-state index contributed by atoms with van der Waals surface area (Å²) < 4.78 is 59.6. The molecular weight excluding hydrogens is 382 g/mol. The third-order valence-corrected chi connectivity index (χ3v) is 4.36. The molecule has 1 heterocycles. The highest BCUT2D eigenvalue weighted by molar-refractivity contribution is 5.88. The average Bonchev–Trinajstić information content (AvgIpc) is 3.05. The molecule has 1 N–H and O–H groups in total. The molecule has 0 saturated carbocycles. The molecule has 2 atom stereocenters. The molecule has 2 aromatic carbocycles. The highest BCUT2D eigenvalue weighted by Crippen LogP contribution is 2.30. The van der Waals surface area contributed by atoms with Gasteiger partial charge in [-0.1, -0.05) is 0 Å². The van der Waals surface area contributed by atoms with Gasteiger partial charge in [0, 0.05) is 12.1 Å². The third kappa shape index (κ3) is 4.85. The Balaban J connectivity index is 1.65. The van der Waals surface area contributed by atoms with Crippen molar-refractivity contribution in [3.8, 4) is 11.5 Å². The number of anilines is 1. The van der Waals surface area contributed by atoms with E-state index in [1.807, 2.05) is 0 Å². The molecule has 150 valence electrons. The minimum atomic E-state index is -4.77. The van der Waals surface area contributed by atoms with E-state index in [1.165, 1.54) is 24.3 Å². The van der Waals surface area contributed by atoms with Gasteiger partial charge < -0.3 is 19.5 Å². The lowest BCUT2D eigenvalue weighted by Gasteiger charge is -2.24. The molecule has 5 nitrogen and oxygen atoms in total. The summed E-state index contributed by atoms with van der Waals surface area (Å²) in [6.45, 7) is -0.249. The monoisotopic (exact) mass is 399 g/mol. The number of carboxylic acids is 1. The number of halogens is 4. The fourth-order valence-corrected chi connectivity index (χ4v) is 3.13. The predicted octanol–water partition coefficient (Wildman–Crippen LogP) is 4.28. The van der Waals surface area contributed by atoms with Gasteiger partial charge in [-0.3, -0.25) is 0 Å². The summed E-state index contributed by atoms with van der Waals surface area (Å²) in [5, 5.41) is 8.96. The summed E-state index contributed by atoms with van der Waals surface area (Å²) in [5.41, 5.74) is 0.807. The van der Waals surface area contributed by atoms with Crippen molar-refractivity contribution in [1.29, 1.82) is 0 Å². The Labute approximate surface area is 158 Å². The van der Waals surface area contributed by atoms with E-state index in [1.54, 1.807) is 17.0 Å². The Morgan fingerprint density at radius 2 is 1.68 bits per heavy atom. The van der Waals surface area contributed by atoms with E-state index in [0.717, 1.165) is 12.1 Å². The van der Waals surface area contributed by atoms with Crippen molar-refractivity contribution >= 4 is 11.7 Å². The number of hydrogen-bond donors (Lipinski definition) is 1. The SMILES string of the molecule is O=C(O)c1ccc(N2C[C@@H](Oc3ccc(OC(F)(F)F)cc3)C[C@H]2CF)cc1. The van der Waals surface area contributed by atoms with Gasteiger partial charge in [0.15, 0.2) is 0 Å². The molecule has 1 aliphatic rings. The Kier molecular flexibility index (Phi) is 5.62. The second-order valence-electron chi connectivity index (χ2n) is 6.31. The Hall–Kier alpha value is -2.97. The van der Waals surface area contributed by atoms with Crippen LogP contribution in [0, 0.1) is 0 Å². The van der Waals surface area contributed by atoms with Crippen molar-refractivity contribution < 1.29 is 36.9 Å². The molecule has 9 heteroatoms. The highest BCUT2D eigenvalue weighted by atomic mass is 19.4. The van der Waals surface area contributed by atoms with Crippen LogP contribution in [0.1, 0.15) is 16.8 Å². The molecule has 0 radical (unpaired) electrons. The minimum Gasteiger partial charge on any atom is -0.489 e. The van der Waals surface area contributed by atoms with Crippen molar-refractivity contribution in [2.24, 2.45) is 0 Å². The molecule has 0 bridgehead atoms. The van der Waals surface area contributed by atoms with Gasteiger partial charge in [0.1, 0.15) is 24.3 Å². The number of aromatic carboxylic acids is 1. The zero-order chi connectivity index (χ0) is 20.3. The molecular formula is C19H17F4NO4. The zero-order valence-electron chi connectivity index (χ0n) is 14.5. The fourth-order valence-electron chi connectivity index (χ4n) is 3.13. The van der Waals surface area contributed by atoms with Gasteiger partial charge in [-0.05, 0) is 48.5 Å². The predicted molar refractivity (Wildman–Crippen MR) is 92.7 cm³/mol. The Bertz CT molecular complexity index is 808. The van der Waals surface area contributed by atoms with Crippen molar-refractivity contribution in [1.82, 2.24) is 0 Å². The molecule has 28 heavy (non-hydrogen) atoms. The first kappa shape index (κ1) is 19.8. The number of rotatable bonds is 6. The standard InChI is InChI=1S/C19H17F4NO4/c20-10-14-9-17(11-24(14)13-3-1-12(2-4-13)18(25)26)27-15-5-7-16(8-6-15)28-19(21,22)23/h1-8,14,17H,9-11H2,(H,25,26)/t14-,17-/m0/s1. The number of carboxylic acid groups (broad SMARTS) is 1. The molecule has 1 fully saturated rings. The highest BCUT2D eigenvalue weighted by Gasteiger charge is 2.34. The van der Waals surface area contributed by atoms with Crippen molar-refractivity contribution in [3.63, 3.8) is 0 Å². The summed E-state index contributed by atoms with van der Waals surface area (Å²) in [6, 6.07) is 10.7. The number of alkyl halides is 4. The molecule has 0 spiro atoms. The van der Waals surface area contributed by atoms with Crippen LogP contribution in [-0.2, 0) is 0 Å². The number of nitrogens with zero attached hydrogens (tertiary/aromatic N) is 1. The van der Waals surface area contributed by atoms with Crippen molar-refractivity contribution in [2.45, 2.75) is 24.9 Å². The maximum Gasteiger partial charge on any atom is 0.573 e. The lowest BCUT2D eigenvalue weighted by molar-refractivity contribution is -0.274. The smallest absolute Gasteiger partial charge is 0.489 e. The minimum absolute atomic E-state index is 0.133. The molecule has 3 rings (SSSR count). The van der Waals surface area contributed by atoms with Crippen LogP contribution in [0.2, 0.25) is 0 Å². The van der Waals surface area contributed by atoms with E-state index in [-0.39, 0.29) is 17.4 Å². The lowest BCUT2D eigenvalue weighted by atomic mass is 10.2. The summed E-state index contributed by atoms with van der Waals surface area (Å²) in [6.07, 6.45) is -4.74. The zero-order valence-corrected chi connectivity index (χ0v) is 14.5. The quantitative estimate of drug-likeness (QED) is 0.735. The van der Waals surface area contributed by atoms with Gasteiger partial charge in [0.2, 0.25) is 0 Å². The van der Waals surface area contributed by atoms with E-state index in [9.17, 15) is 22.4 Å². The summed E-state index contributed by atoms with van der Waals surface area (Å²) in [4.78, 5) is 12.7. The number of ether oxygens (including phenoxy) is 2. The summed E-state index contributed by atoms with van der Waals surface area (Å²) >= 11 is 0. The molecule has 0 unspecified atom stereocenters. The van der Waals surface area contributed by atoms with E-state index < -0.39 is 25.0 Å². The van der Waals surface area contributed by atoms with Crippen LogP contribution in [0.15, 0.2) is 48.5 Å². The van der Waals surface area contributed by atoms with Crippen LogP contribution in [0.25, 0.3) is 0 Å². The van der Waals surface area contributed by atoms with Crippen molar-refractivity contribution in [2.75, 3.05) is 18.1 Å². The summed E-state index contributed by atoms with van der Waals surface area (Å²) in [5.74, 6) is -1.05. The molecule has 0 aromatic heterocycles. The third-order valence-electron chi connectivity index (χ3n) is 4.36. The first-order chi connectivity index (χ1) is 13.2. The average molecular weight is 399 g/mol. The van der Waals surface area contributed by atoms with Crippen molar-refractivity contribution in [3.05, 3.63) is 54.1 Å². The first-order valence-corrected chi connectivity index (χ1v) is 8.43. The van der Waals surface area contributed by atoms with Crippen LogP contribution >= 0.6 is 0 Å². The topological polar surface area (TPSA) is 59.0 Å². The van der Waals surface area contributed by atoms with Crippen LogP contribution < -0.4 is 14.4 Å². The lowest BCUT2D eigenvalue weighted by Crippen LogP contribution is -2.31. The van der Waals surface area contributed by atoms with Crippen LogP contribution in [-0.4, -0.2) is 42.8 Å². The van der Waals surface area contributed by atoms with E-state index >= 15 is 0 Å². The summed E-state index contributed by atoms with van der Waals surface area (Å²) in [7, 11) is 0. The molecule has 1 saturated heterocycles. The van der Waals surface area contributed by atoms with Crippen LogP contribution in [0.4, 0.5) is 23.2 Å². The van der Waals surface area contributed by atoms with Gasteiger partial charge in [0.05, 0.1) is 18.2 Å². The Morgan fingerprint density at radius 1 is 1.07 bits per heavy atom. The van der Waals surface area contributed by atoms with Crippen LogP contribution in [0.5, 0.6) is 11.5 Å². The second-order valence-corrected chi connectivity index (χ2v) is 6.31. The maximum atomic E-state index is 13.4. The largest absolute Gasteiger partial charge is 0.573 e. The van der Waals surface area contributed by atoms with Gasteiger partial charge in [-0.15, -0.1) is 13.2 Å². The molecule has 2 aromatic rings. The number of hydrogen-bond acceptors (Lipinski definition) is 4. The normalized spacial score (nSPS) is 19.5. The number of benzene rings is 2. The van der Waals surface area contributed by atoms with E-state index in [4.69, 9.17) is 9.84 Å². The van der Waals surface area contributed by atoms with Gasteiger partial charge in [-0.25, -0.2) is 9.18 Å². The fraction of sp³-hybridized carbons (Fsp3) is 0.316. The Morgan fingerprint density at radius 3 is 2.21 bits per heavy atom. The van der Waals surface area contributed by atoms with Gasteiger partial charge in [0.25, 0.3) is 0 Å². The molecule has 1 aliphatic heterocycles. The van der Waals surface area contributed by atoms with E-state index in [2.05, 4.69) is 4.74 Å². The maximum absolute atomic E-state index is 13.4. The van der Waals surface area contributed by atoms with Gasteiger partial charge >= 0.3 is 12.3 Å². The first-order valence-electron chi connectivity index (χ1n) is 8.43. The van der Waals surface area contributed by atoms with Crippen LogP contribution in [0.3, 0.4) is 0 Å². The van der Waals surface area contributed by atoms with Gasteiger partial charge in [-0.2, -0.15) is 0 Å². The molecule has 0 amide bonds.